The third kappa shape index (κ3) is 5.50. The number of likely N-dealkylation sites (tertiary alicyclic amines) is 1. The van der Waals surface area contributed by atoms with Crippen molar-refractivity contribution in [3.8, 4) is 22.9 Å². The lowest BCUT2D eigenvalue weighted by molar-refractivity contribution is 0.414. The third-order valence-corrected chi connectivity index (χ3v) is 5.58. The molecule has 0 saturated carbocycles. The quantitative estimate of drug-likeness (QED) is 0.278. The van der Waals surface area contributed by atoms with Crippen LogP contribution in [0, 0.1) is 0 Å². The highest BCUT2D eigenvalue weighted by atomic mass is 127. The van der Waals surface area contributed by atoms with Gasteiger partial charge in [0.25, 0.3) is 0 Å². The number of H-pyrrole nitrogens is 1. The van der Waals surface area contributed by atoms with Gasteiger partial charge in [0, 0.05) is 31.6 Å². The van der Waals surface area contributed by atoms with Crippen LogP contribution in [0.1, 0.15) is 23.7 Å². The Morgan fingerprint density at radius 2 is 1.75 bits per heavy atom. The van der Waals surface area contributed by atoms with E-state index >= 15 is 0 Å². The van der Waals surface area contributed by atoms with Crippen LogP contribution in [0.15, 0.2) is 53.5 Å². The molecule has 0 bridgehead atoms. The number of aromatic nitrogens is 3. The summed E-state index contributed by atoms with van der Waals surface area (Å²) in [5, 5.41) is 10.7. The molecule has 8 nitrogen and oxygen atoms in total. The monoisotopic (exact) mass is 548 g/mol. The number of aliphatic imine (C=N–C) groups is 1. The summed E-state index contributed by atoms with van der Waals surface area (Å²) < 4.78 is 10.5. The van der Waals surface area contributed by atoms with Crippen molar-refractivity contribution in [2.75, 3.05) is 34.4 Å². The normalized spacial score (nSPS) is 15.9. The fourth-order valence-corrected chi connectivity index (χ4v) is 3.84. The Hall–Kier alpha value is -2.82. The topological polar surface area (TPSA) is 87.7 Å². The maximum atomic E-state index is 5.26. The van der Waals surface area contributed by atoms with Gasteiger partial charge in [0.15, 0.2) is 11.8 Å². The fourth-order valence-electron chi connectivity index (χ4n) is 3.84. The molecule has 1 saturated heterocycles. The van der Waals surface area contributed by atoms with Crippen molar-refractivity contribution >= 4 is 29.9 Å². The number of nitrogens with zero attached hydrogens (tertiary/aromatic N) is 4. The Morgan fingerprint density at radius 3 is 2.38 bits per heavy atom. The lowest BCUT2D eigenvalue weighted by Gasteiger charge is -2.21. The summed E-state index contributed by atoms with van der Waals surface area (Å²) in [4.78, 5) is 11.3. The number of ether oxygens (including phenoxy) is 2. The first kappa shape index (κ1) is 23.8. The molecule has 9 heteroatoms. The summed E-state index contributed by atoms with van der Waals surface area (Å²) in [6.07, 6.45) is 1.09. The molecule has 1 aliphatic rings. The van der Waals surface area contributed by atoms with Crippen molar-refractivity contribution in [2.45, 2.75) is 18.9 Å². The molecule has 2 aromatic carbocycles. The standard InChI is InChI=1S/C23H28N6O2.HI/c1-24-23(29-13-12-18(15-29)16-4-8-19(30-2)9-5-16)25-14-21-26-22(28-27-21)17-6-10-20(31-3)11-7-17;/h4-11,18H,12-15H2,1-3H3,(H,24,25)(H,26,27,28);1H. The van der Waals surface area contributed by atoms with Crippen molar-refractivity contribution in [3.63, 3.8) is 0 Å². The van der Waals surface area contributed by atoms with E-state index in [0.717, 1.165) is 48.4 Å². The first-order valence-corrected chi connectivity index (χ1v) is 10.4. The highest BCUT2D eigenvalue weighted by Crippen LogP contribution is 2.28. The second-order valence-corrected chi connectivity index (χ2v) is 7.44. The minimum absolute atomic E-state index is 0. The van der Waals surface area contributed by atoms with Gasteiger partial charge in [0.05, 0.1) is 20.8 Å². The molecule has 1 aliphatic heterocycles. The van der Waals surface area contributed by atoms with Crippen LogP contribution < -0.4 is 14.8 Å². The van der Waals surface area contributed by atoms with Gasteiger partial charge in [-0.15, -0.1) is 24.0 Å². The zero-order valence-corrected chi connectivity index (χ0v) is 20.9. The summed E-state index contributed by atoms with van der Waals surface area (Å²) in [5.41, 5.74) is 2.27. The second-order valence-electron chi connectivity index (χ2n) is 7.44. The van der Waals surface area contributed by atoms with Gasteiger partial charge in [-0.25, -0.2) is 4.98 Å². The Labute approximate surface area is 205 Å². The molecule has 170 valence electrons. The Kier molecular flexibility index (Phi) is 8.32. The molecule has 0 spiro atoms. The molecule has 1 unspecified atom stereocenters. The summed E-state index contributed by atoms with van der Waals surface area (Å²) in [7, 11) is 5.15. The maximum Gasteiger partial charge on any atom is 0.194 e. The average molecular weight is 548 g/mol. The van der Waals surface area contributed by atoms with E-state index < -0.39 is 0 Å². The Balaban J connectivity index is 0.00000289. The van der Waals surface area contributed by atoms with Crippen LogP contribution in [0.3, 0.4) is 0 Å². The van der Waals surface area contributed by atoms with E-state index in [0.29, 0.717) is 18.3 Å². The highest BCUT2D eigenvalue weighted by Gasteiger charge is 2.26. The van der Waals surface area contributed by atoms with Crippen LogP contribution in [0.25, 0.3) is 11.4 Å². The zero-order valence-electron chi connectivity index (χ0n) is 18.5. The van der Waals surface area contributed by atoms with Crippen molar-refractivity contribution in [2.24, 2.45) is 4.99 Å². The van der Waals surface area contributed by atoms with Gasteiger partial charge in [-0.2, -0.15) is 5.10 Å². The van der Waals surface area contributed by atoms with Gasteiger partial charge in [-0.05, 0) is 48.4 Å². The number of hydrogen-bond donors (Lipinski definition) is 2. The fraction of sp³-hybridized carbons (Fsp3) is 0.348. The van der Waals surface area contributed by atoms with E-state index in [2.05, 4.69) is 42.5 Å². The first-order chi connectivity index (χ1) is 15.2. The number of benzene rings is 2. The molecule has 4 rings (SSSR count). The summed E-state index contributed by atoms with van der Waals surface area (Å²) in [5.74, 6) is 4.48. The average Bonchev–Trinajstić information content (AvgIpc) is 3.50. The van der Waals surface area contributed by atoms with Crippen LogP contribution in [0.5, 0.6) is 11.5 Å². The highest BCUT2D eigenvalue weighted by molar-refractivity contribution is 14.0. The number of halogens is 1. The first-order valence-electron chi connectivity index (χ1n) is 10.4. The van der Waals surface area contributed by atoms with E-state index in [-0.39, 0.29) is 24.0 Å². The molecule has 2 heterocycles. The number of guanidine groups is 1. The van der Waals surface area contributed by atoms with Crippen molar-refractivity contribution in [3.05, 3.63) is 59.9 Å². The van der Waals surface area contributed by atoms with Crippen LogP contribution >= 0.6 is 24.0 Å². The van der Waals surface area contributed by atoms with Gasteiger partial charge in [-0.1, -0.05) is 12.1 Å². The molecule has 0 amide bonds. The van der Waals surface area contributed by atoms with Gasteiger partial charge in [-0.3, -0.25) is 10.1 Å². The summed E-state index contributed by atoms with van der Waals surface area (Å²) >= 11 is 0. The van der Waals surface area contributed by atoms with Crippen molar-refractivity contribution in [1.82, 2.24) is 25.4 Å². The maximum absolute atomic E-state index is 5.26. The molecule has 3 aromatic rings. The number of aromatic amines is 1. The SMILES string of the molecule is CN=C(NCc1nc(-c2ccc(OC)cc2)n[nH]1)N1CCC(c2ccc(OC)cc2)C1.I. The molecule has 0 radical (unpaired) electrons. The van der Waals surface area contributed by atoms with Crippen LogP contribution in [0.2, 0.25) is 0 Å². The van der Waals surface area contributed by atoms with Crippen molar-refractivity contribution in [1.29, 1.82) is 0 Å². The van der Waals surface area contributed by atoms with Crippen LogP contribution in [-0.4, -0.2) is 60.4 Å². The largest absolute Gasteiger partial charge is 0.497 e. The molecule has 1 aromatic heterocycles. The minimum Gasteiger partial charge on any atom is -0.497 e. The molecular formula is C23H29IN6O2. The molecule has 0 aliphatic carbocycles. The molecule has 1 fully saturated rings. The number of rotatable bonds is 6. The molecular weight excluding hydrogens is 519 g/mol. The van der Waals surface area contributed by atoms with Crippen LogP contribution in [0.4, 0.5) is 0 Å². The van der Waals surface area contributed by atoms with E-state index in [4.69, 9.17) is 9.47 Å². The lowest BCUT2D eigenvalue weighted by atomic mass is 9.98. The predicted octanol–water partition coefficient (Wildman–Crippen LogP) is 3.67. The van der Waals surface area contributed by atoms with Crippen LogP contribution in [-0.2, 0) is 6.54 Å². The number of hydrogen-bond acceptors (Lipinski definition) is 5. The number of nitrogens with one attached hydrogen (secondary N) is 2. The van der Waals surface area contributed by atoms with Gasteiger partial charge >= 0.3 is 0 Å². The molecule has 1 atom stereocenters. The smallest absolute Gasteiger partial charge is 0.194 e. The van der Waals surface area contributed by atoms with E-state index in [9.17, 15) is 0 Å². The Morgan fingerprint density at radius 1 is 1.09 bits per heavy atom. The minimum atomic E-state index is 0. The number of methoxy groups -OCH3 is 2. The summed E-state index contributed by atoms with van der Waals surface area (Å²) in [6.45, 7) is 2.42. The Bertz CT molecular complexity index is 1020. The van der Waals surface area contributed by atoms with Crippen molar-refractivity contribution < 1.29 is 9.47 Å². The van der Waals surface area contributed by atoms with Gasteiger partial charge in [0.1, 0.15) is 17.3 Å². The summed E-state index contributed by atoms with van der Waals surface area (Å²) in [6, 6.07) is 16.0. The predicted molar refractivity (Wildman–Crippen MR) is 136 cm³/mol. The molecule has 32 heavy (non-hydrogen) atoms. The third-order valence-electron chi connectivity index (χ3n) is 5.58. The van der Waals surface area contributed by atoms with E-state index in [1.807, 2.05) is 43.4 Å². The van der Waals surface area contributed by atoms with Gasteiger partial charge < -0.3 is 19.7 Å². The zero-order chi connectivity index (χ0) is 21.6. The molecule has 2 N–H and O–H groups in total. The second kappa shape index (κ2) is 11.2. The van der Waals surface area contributed by atoms with E-state index in [1.54, 1.807) is 14.2 Å². The van der Waals surface area contributed by atoms with E-state index in [1.165, 1.54) is 5.56 Å². The van der Waals surface area contributed by atoms with Gasteiger partial charge in [0.2, 0.25) is 0 Å². The lowest BCUT2D eigenvalue weighted by Crippen LogP contribution is -2.39.